The van der Waals surface area contributed by atoms with Gasteiger partial charge in [0.1, 0.15) is 0 Å². The Morgan fingerprint density at radius 3 is 2.52 bits per heavy atom. The summed E-state index contributed by atoms with van der Waals surface area (Å²) >= 11 is 0. The molecule has 0 saturated heterocycles. The molecular weight excluding hydrogens is 330 g/mol. The number of hydrogen-bond donors (Lipinski definition) is 2. The summed E-state index contributed by atoms with van der Waals surface area (Å²) in [5.41, 5.74) is 10.9. The predicted octanol–water partition coefficient (Wildman–Crippen LogP) is 6.16. The molecule has 2 heteroatoms. The van der Waals surface area contributed by atoms with Crippen LogP contribution in [-0.4, -0.2) is 18.3 Å². The summed E-state index contributed by atoms with van der Waals surface area (Å²) in [7, 11) is 1.00. The minimum absolute atomic E-state index is 0.433. The highest BCUT2D eigenvalue weighted by Crippen LogP contribution is 2.36. The minimum atomic E-state index is 0.433. The van der Waals surface area contributed by atoms with Gasteiger partial charge in [0.25, 0.3) is 0 Å². The van der Waals surface area contributed by atoms with Crippen LogP contribution in [0, 0.1) is 5.92 Å². The Hall–Kier alpha value is -1.12. The molecule has 2 aliphatic rings. The van der Waals surface area contributed by atoms with Crippen LogP contribution in [0.15, 0.2) is 30.4 Å². The number of allylic oxidation sites excluding steroid dienone is 2. The highest BCUT2D eigenvalue weighted by Gasteiger charge is 2.25. The molecule has 0 spiro atoms. The number of hydrogen-bond acceptors (Lipinski definition) is 2. The van der Waals surface area contributed by atoms with E-state index in [1.165, 1.54) is 64.2 Å². The molecule has 27 heavy (non-hydrogen) atoms. The molecule has 3 N–H and O–H groups in total. The average Bonchev–Trinajstić information content (AvgIpc) is 3.17. The van der Waals surface area contributed by atoms with E-state index in [4.69, 9.17) is 10.8 Å². The van der Waals surface area contributed by atoms with Crippen molar-refractivity contribution in [1.29, 1.82) is 0 Å². The van der Waals surface area contributed by atoms with Crippen molar-refractivity contribution in [3.05, 3.63) is 47.0 Å². The van der Waals surface area contributed by atoms with E-state index in [-0.39, 0.29) is 0 Å². The number of aryl methyl sites for hydroxylation is 1. The van der Waals surface area contributed by atoms with E-state index in [1.54, 1.807) is 16.7 Å². The van der Waals surface area contributed by atoms with Gasteiger partial charge in [0.2, 0.25) is 0 Å². The summed E-state index contributed by atoms with van der Waals surface area (Å²) in [6.07, 6.45) is 17.6. The average molecular weight is 374 g/mol. The molecule has 0 amide bonds. The standard InChI is InChI=1S/C22H33N.C2H6.CH4O/c1-2-3-4-5-6-7-17-8-9-19-15-20(11-10-18(19)14-17)21-12-13-22(23)16-21;2*1-2/h2-3,10-11,15,17,21-22H,4-9,12-14,16,23H2,1H3;1-2H3;2H,1H3/b3-2-;;/t17-,21?,22?;;/m1../s1. The SMILES string of the molecule is C/C=C\CCCC[C@@H]1CCc2cc(C3CCC(N)C3)ccc2C1.CC.CO. The van der Waals surface area contributed by atoms with Crippen molar-refractivity contribution < 1.29 is 5.11 Å². The first kappa shape index (κ1) is 23.9. The molecular formula is C25H43NO. The summed E-state index contributed by atoms with van der Waals surface area (Å²) in [6.45, 7) is 6.12. The number of nitrogens with two attached hydrogens (primary N) is 1. The zero-order valence-electron chi connectivity index (χ0n) is 18.2. The largest absolute Gasteiger partial charge is 0.400 e. The number of unbranched alkanes of at least 4 members (excludes halogenated alkanes) is 2. The van der Waals surface area contributed by atoms with Gasteiger partial charge in [0.15, 0.2) is 0 Å². The highest BCUT2D eigenvalue weighted by atomic mass is 16.2. The second kappa shape index (κ2) is 14.0. The first-order valence-corrected chi connectivity index (χ1v) is 11.2. The second-order valence-corrected chi connectivity index (χ2v) is 7.76. The Bertz CT molecular complexity index is 537. The molecule has 0 aromatic heterocycles. The van der Waals surface area contributed by atoms with Crippen molar-refractivity contribution in [2.75, 3.05) is 7.11 Å². The molecule has 1 saturated carbocycles. The van der Waals surface area contributed by atoms with E-state index < -0.39 is 0 Å². The molecule has 2 unspecified atom stereocenters. The van der Waals surface area contributed by atoms with Crippen molar-refractivity contribution in [2.45, 2.75) is 96.9 Å². The molecule has 1 aromatic rings. The molecule has 0 aliphatic heterocycles. The Morgan fingerprint density at radius 2 is 1.85 bits per heavy atom. The molecule has 0 heterocycles. The van der Waals surface area contributed by atoms with Crippen molar-refractivity contribution in [1.82, 2.24) is 0 Å². The van der Waals surface area contributed by atoms with Crippen LogP contribution in [-0.2, 0) is 12.8 Å². The second-order valence-electron chi connectivity index (χ2n) is 7.76. The van der Waals surface area contributed by atoms with E-state index in [9.17, 15) is 0 Å². The first-order chi connectivity index (χ1) is 13.3. The molecule has 3 atom stereocenters. The summed E-state index contributed by atoms with van der Waals surface area (Å²) in [6, 6.07) is 7.78. The van der Waals surface area contributed by atoms with Crippen LogP contribution >= 0.6 is 0 Å². The van der Waals surface area contributed by atoms with Crippen molar-refractivity contribution >= 4 is 0 Å². The molecule has 3 rings (SSSR count). The lowest BCUT2D eigenvalue weighted by Crippen LogP contribution is -2.16. The Morgan fingerprint density at radius 1 is 1.07 bits per heavy atom. The van der Waals surface area contributed by atoms with E-state index in [2.05, 4.69) is 37.3 Å². The zero-order valence-corrected chi connectivity index (χ0v) is 18.2. The lowest BCUT2D eigenvalue weighted by Gasteiger charge is -2.26. The van der Waals surface area contributed by atoms with Crippen molar-refractivity contribution in [2.24, 2.45) is 11.7 Å². The fourth-order valence-corrected chi connectivity index (χ4v) is 4.53. The smallest absolute Gasteiger partial charge is 0.0319 e. The molecule has 2 nitrogen and oxygen atoms in total. The number of benzene rings is 1. The summed E-state index contributed by atoms with van der Waals surface area (Å²) < 4.78 is 0. The summed E-state index contributed by atoms with van der Waals surface area (Å²) in [4.78, 5) is 0. The van der Waals surface area contributed by atoms with Crippen LogP contribution in [0.25, 0.3) is 0 Å². The number of aliphatic hydroxyl groups is 1. The third-order valence-electron chi connectivity index (χ3n) is 5.97. The lowest BCUT2D eigenvalue weighted by molar-refractivity contribution is 0.399. The summed E-state index contributed by atoms with van der Waals surface area (Å²) in [5, 5.41) is 7.00. The third kappa shape index (κ3) is 7.79. The highest BCUT2D eigenvalue weighted by molar-refractivity contribution is 5.36. The van der Waals surface area contributed by atoms with Gasteiger partial charge in [-0.25, -0.2) is 0 Å². The Labute approximate surface area is 168 Å². The normalized spacial score (nSPS) is 23.9. The van der Waals surface area contributed by atoms with Gasteiger partial charge in [-0.15, -0.1) is 0 Å². The maximum Gasteiger partial charge on any atom is 0.0319 e. The van der Waals surface area contributed by atoms with Crippen LogP contribution in [0.4, 0.5) is 0 Å². The van der Waals surface area contributed by atoms with Gasteiger partial charge in [-0.3, -0.25) is 0 Å². The van der Waals surface area contributed by atoms with Crippen LogP contribution in [0.3, 0.4) is 0 Å². The fourth-order valence-electron chi connectivity index (χ4n) is 4.53. The molecule has 0 bridgehead atoms. The van der Waals surface area contributed by atoms with Gasteiger partial charge >= 0.3 is 0 Å². The van der Waals surface area contributed by atoms with Gasteiger partial charge < -0.3 is 10.8 Å². The molecule has 2 aliphatic carbocycles. The maximum atomic E-state index is 7.00. The Balaban J connectivity index is 0.000000855. The van der Waals surface area contributed by atoms with Crippen LogP contribution in [0.2, 0.25) is 0 Å². The topological polar surface area (TPSA) is 46.2 Å². The summed E-state index contributed by atoms with van der Waals surface area (Å²) in [5.74, 6) is 1.64. The minimum Gasteiger partial charge on any atom is -0.400 e. The number of aliphatic hydroxyl groups excluding tert-OH is 1. The number of fused-ring (bicyclic) bond motifs is 1. The fraction of sp³-hybridized carbons (Fsp3) is 0.680. The quantitative estimate of drug-likeness (QED) is 0.463. The van der Waals surface area contributed by atoms with Crippen LogP contribution < -0.4 is 5.73 Å². The van der Waals surface area contributed by atoms with Crippen LogP contribution in [0.5, 0.6) is 0 Å². The first-order valence-electron chi connectivity index (χ1n) is 11.2. The van der Waals surface area contributed by atoms with Crippen molar-refractivity contribution in [3.63, 3.8) is 0 Å². The molecule has 0 radical (unpaired) electrons. The van der Waals surface area contributed by atoms with Crippen molar-refractivity contribution in [3.8, 4) is 0 Å². The molecule has 154 valence electrons. The van der Waals surface area contributed by atoms with Crippen LogP contribution in [0.1, 0.15) is 94.7 Å². The lowest BCUT2D eigenvalue weighted by atomic mass is 9.80. The van der Waals surface area contributed by atoms with E-state index in [0.29, 0.717) is 6.04 Å². The predicted molar refractivity (Wildman–Crippen MR) is 119 cm³/mol. The Kier molecular flexibility index (Phi) is 12.4. The maximum absolute atomic E-state index is 7.00. The zero-order chi connectivity index (χ0) is 20.1. The van der Waals surface area contributed by atoms with Gasteiger partial charge in [0.05, 0.1) is 0 Å². The molecule has 1 aromatic carbocycles. The molecule has 1 fully saturated rings. The monoisotopic (exact) mass is 373 g/mol. The van der Waals surface area contributed by atoms with E-state index in [0.717, 1.165) is 18.9 Å². The number of rotatable bonds is 6. The van der Waals surface area contributed by atoms with Gasteiger partial charge in [-0.2, -0.15) is 0 Å². The third-order valence-corrected chi connectivity index (χ3v) is 5.97. The van der Waals surface area contributed by atoms with E-state index >= 15 is 0 Å². The van der Waals surface area contributed by atoms with E-state index in [1.807, 2.05) is 13.8 Å². The van der Waals surface area contributed by atoms with Gasteiger partial charge in [-0.05, 0) is 86.8 Å². The van der Waals surface area contributed by atoms with Gasteiger partial charge in [0, 0.05) is 13.2 Å². The van der Waals surface area contributed by atoms with Gasteiger partial charge in [-0.1, -0.05) is 57.0 Å².